The van der Waals surface area contributed by atoms with E-state index < -0.39 is 162 Å². The van der Waals surface area contributed by atoms with Gasteiger partial charge in [0.15, 0.2) is 24.8 Å². The second kappa shape index (κ2) is 73.2. The summed E-state index contributed by atoms with van der Waals surface area (Å²) in [5, 5.41) is 102. The smallest absolute Gasteiger partial charge is 0.463 e. The number of hydrogen-bond donors (Lipinski definition) is 10. The number of hydrogen-bond acceptors (Lipinski definition) is 24. The summed E-state index contributed by atoms with van der Waals surface area (Å²) >= 11 is 0. The lowest BCUT2D eigenvalue weighted by atomic mass is 9.84. The molecule has 0 spiro atoms. The third-order valence-corrected chi connectivity index (χ3v) is 25.0. The highest BCUT2D eigenvalue weighted by Gasteiger charge is 2.60. The Bertz CT molecular complexity index is 2530. The number of phosphoric ester groups is 1. The summed E-state index contributed by atoms with van der Waals surface area (Å²) in [5.41, 5.74) is 0. The molecule has 3 fully saturated rings. The molecule has 26 heteroatoms. The van der Waals surface area contributed by atoms with Crippen molar-refractivity contribution in [2.24, 2.45) is 0 Å². The highest BCUT2D eigenvalue weighted by Crippen LogP contribution is 2.49. The molecule has 2 saturated heterocycles. The van der Waals surface area contributed by atoms with Gasteiger partial charge in [0.25, 0.3) is 0 Å². The van der Waals surface area contributed by atoms with E-state index >= 15 is 0 Å². The molecule has 2 heterocycles. The summed E-state index contributed by atoms with van der Waals surface area (Å²) in [6, 6.07) is 0. The summed E-state index contributed by atoms with van der Waals surface area (Å²) in [6.07, 6.45) is 33.2. The molecule has 0 amide bonds. The van der Waals surface area contributed by atoms with Crippen LogP contribution in [0.1, 0.15) is 432 Å². The average molecular weight is 1740 g/mol. The number of unbranched alkanes of at least 4 members (excludes halogenated alkanes) is 54. The van der Waals surface area contributed by atoms with Crippen molar-refractivity contribution in [2.75, 3.05) is 26.4 Å². The van der Waals surface area contributed by atoms with E-state index in [9.17, 15) is 74.6 Å². The number of allylic oxidation sites excluding steroid dienone is 2. The van der Waals surface area contributed by atoms with Crippen LogP contribution in [0.4, 0.5) is 0 Å². The van der Waals surface area contributed by atoms with Gasteiger partial charge in [-0.15, -0.1) is 0 Å². The number of aliphatic hydroxyl groups excluding tert-OH is 9. The average Bonchev–Trinajstić information content (AvgIpc) is 0.753. The van der Waals surface area contributed by atoms with Crippen molar-refractivity contribution in [3.8, 4) is 0 Å². The van der Waals surface area contributed by atoms with Crippen LogP contribution in [-0.2, 0) is 70.7 Å². The van der Waals surface area contributed by atoms with E-state index in [1.807, 2.05) is 0 Å². The molecule has 0 aromatic rings. The molecule has 120 heavy (non-hydrogen) atoms. The number of ether oxygens (including phenoxy) is 8. The molecule has 18 unspecified atom stereocenters. The first kappa shape index (κ1) is 111. The second-order valence-corrected chi connectivity index (χ2v) is 36.4. The van der Waals surface area contributed by atoms with E-state index in [1.54, 1.807) is 0 Å². The Labute approximate surface area is 724 Å². The Balaban J connectivity index is 1.90. The number of carbonyl (C=O) groups is 4. The Hall–Kier alpha value is -2.79. The van der Waals surface area contributed by atoms with E-state index in [2.05, 4.69) is 39.8 Å². The number of esters is 4. The van der Waals surface area contributed by atoms with E-state index in [0.29, 0.717) is 32.1 Å². The van der Waals surface area contributed by atoms with Crippen molar-refractivity contribution in [2.45, 2.75) is 536 Å². The van der Waals surface area contributed by atoms with Crippen LogP contribution in [-0.4, -0.2) is 205 Å². The first-order valence-corrected chi connectivity index (χ1v) is 50.4. The van der Waals surface area contributed by atoms with Crippen molar-refractivity contribution in [3.05, 3.63) is 12.2 Å². The van der Waals surface area contributed by atoms with Crippen LogP contribution in [0.2, 0.25) is 0 Å². The van der Waals surface area contributed by atoms with Gasteiger partial charge in [-0.2, -0.15) is 0 Å². The van der Waals surface area contributed by atoms with Crippen LogP contribution < -0.4 is 0 Å². The highest BCUT2D eigenvalue weighted by molar-refractivity contribution is 7.47. The molecule has 3 aliphatic rings. The van der Waals surface area contributed by atoms with Gasteiger partial charge in [0, 0.05) is 25.7 Å². The Morgan fingerprint density at radius 1 is 0.325 bits per heavy atom. The molecule has 1 aliphatic carbocycles. The van der Waals surface area contributed by atoms with Crippen LogP contribution in [0, 0.1) is 0 Å². The molecule has 1 saturated carbocycles. The lowest BCUT2D eigenvalue weighted by Gasteiger charge is -2.50. The van der Waals surface area contributed by atoms with Gasteiger partial charge in [0.1, 0.15) is 92.6 Å². The normalized spacial score (nSPS) is 24.7. The zero-order valence-electron chi connectivity index (χ0n) is 75.4. The van der Waals surface area contributed by atoms with Crippen LogP contribution in [0.3, 0.4) is 0 Å². The lowest BCUT2D eigenvalue weighted by molar-refractivity contribution is -0.360. The van der Waals surface area contributed by atoms with Crippen molar-refractivity contribution >= 4 is 31.7 Å². The molecule has 10 N–H and O–H groups in total. The molecule has 706 valence electrons. The molecule has 0 aromatic carbocycles. The predicted molar refractivity (Wildman–Crippen MR) is 467 cm³/mol. The maximum Gasteiger partial charge on any atom is 0.472 e. The van der Waals surface area contributed by atoms with Gasteiger partial charge >= 0.3 is 31.7 Å². The molecule has 2 aliphatic heterocycles. The maximum absolute atomic E-state index is 14.9. The first-order chi connectivity index (χ1) is 58.2. The zero-order valence-corrected chi connectivity index (χ0v) is 76.3. The van der Waals surface area contributed by atoms with Crippen molar-refractivity contribution in [1.29, 1.82) is 0 Å². The fourth-order valence-electron chi connectivity index (χ4n) is 16.3. The van der Waals surface area contributed by atoms with Crippen LogP contribution in [0.15, 0.2) is 12.2 Å². The number of rotatable bonds is 80. The largest absolute Gasteiger partial charge is 0.472 e. The predicted octanol–water partition coefficient (Wildman–Crippen LogP) is 18.7. The second-order valence-electron chi connectivity index (χ2n) is 34.9. The lowest BCUT2D eigenvalue weighted by Crippen LogP contribution is -2.70. The molecule has 25 nitrogen and oxygen atoms in total. The fourth-order valence-corrected chi connectivity index (χ4v) is 17.2. The topological polar surface area (TPSA) is 380 Å². The van der Waals surface area contributed by atoms with E-state index in [-0.39, 0.29) is 25.7 Å². The van der Waals surface area contributed by atoms with E-state index in [4.69, 9.17) is 46.9 Å². The minimum atomic E-state index is -5.81. The van der Waals surface area contributed by atoms with E-state index in [0.717, 1.165) is 148 Å². The number of carbonyl (C=O) groups excluding carboxylic acids is 4. The van der Waals surface area contributed by atoms with Crippen LogP contribution >= 0.6 is 7.82 Å². The Morgan fingerprint density at radius 3 is 1.00 bits per heavy atom. The van der Waals surface area contributed by atoms with Crippen LogP contribution in [0.25, 0.3) is 0 Å². The standard InChI is InChI=1S/C94H175O25P/c1-5-9-13-17-21-25-29-33-37-41-43-47-51-55-59-63-67-78(97)111-73-76-82(101)84(103)88(107)94(115-76)118-91-89(116-80(99)69-65-61-57-53-49-45-40-36-32-28-24-20-16-12-8-4)85(104)86(105)90(117-93-87(106)83(102)81(100)75(70-95)114-93)92(91)119-120(108,109)112-72-74(113-79(98)68-64-60-56-52-48-44-39-35-31-27-23-19-15-11-7-3)71-110-77(96)66-62-58-54-50-46-42-38-34-30-26-22-18-14-10-6-2/h26,30,74-76,81-95,100-107H,5-25,27-29,31-73H2,1-4H3,(H,108,109)/b30-26-. The zero-order chi connectivity index (χ0) is 87.5. The summed E-state index contributed by atoms with van der Waals surface area (Å²) < 4.78 is 73.6. The minimum absolute atomic E-state index is 0.0193. The van der Waals surface area contributed by atoms with Gasteiger partial charge in [-0.1, -0.05) is 367 Å². The molecule has 18 atom stereocenters. The monoisotopic (exact) mass is 1740 g/mol. The third-order valence-electron chi connectivity index (χ3n) is 24.0. The van der Waals surface area contributed by atoms with Gasteiger partial charge in [-0.25, -0.2) is 4.57 Å². The SMILES string of the molecule is CCCCCC/C=C\CCCCCCCCCC(=O)OCC(COP(=O)(O)OC1C(OC2OC(CO)C(O)C(O)C2O)C(O)C(O)C(OC(=O)CCCCCCCCCCCCCCCCC)C1OC1OC(COC(=O)CCCCCCCCCCCCCCCCCC)C(O)C(O)C1O)OC(=O)CCCCCCCCCCCCCCCCC. The van der Waals surface area contributed by atoms with Gasteiger partial charge in [0.2, 0.25) is 0 Å². The summed E-state index contributed by atoms with van der Waals surface area (Å²) in [5.74, 6) is -2.95. The van der Waals surface area contributed by atoms with Gasteiger partial charge < -0.3 is 88.7 Å². The van der Waals surface area contributed by atoms with Crippen molar-refractivity contribution in [1.82, 2.24) is 0 Å². The first-order valence-electron chi connectivity index (χ1n) is 48.9. The number of aliphatic hydroxyl groups is 9. The molecular weight excluding hydrogens is 1560 g/mol. The molecule has 0 aromatic heterocycles. The molecule has 3 rings (SSSR count). The third kappa shape index (κ3) is 52.5. The minimum Gasteiger partial charge on any atom is -0.463 e. The summed E-state index contributed by atoms with van der Waals surface area (Å²) in [6.45, 7) is 5.63. The van der Waals surface area contributed by atoms with Crippen molar-refractivity contribution < 1.29 is 122 Å². The Kier molecular flexibility index (Phi) is 67.9. The quantitative estimate of drug-likeness (QED) is 0.00889. The van der Waals surface area contributed by atoms with Gasteiger partial charge in [0.05, 0.1) is 13.2 Å². The maximum atomic E-state index is 14.9. The molecular formula is C94H175O25P. The van der Waals surface area contributed by atoms with E-state index in [1.165, 1.54) is 199 Å². The van der Waals surface area contributed by atoms with Crippen molar-refractivity contribution in [3.63, 3.8) is 0 Å². The summed E-state index contributed by atoms with van der Waals surface area (Å²) in [4.78, 5) is 66.6. The molecule has 0 bridgehead atoms. The van der Waals surface area contributed by atoms with Gasteiger partial charge in [-0.3, -0.25) is 28.2 Å². The molecule has 0 radical (unpaired) electrons. The fraction of sp³-hybridized carbons (Fsp3) is 0.936. The number of phosphoric acid groups is 1. The highest BCUT2D eigenvalue weighted by atomic mass is 31.2. The van der Waals surface area contributed by atoms with Crippen LogP contribution in [0.5, 0.6) is 0 Å². The Morgan fingerprint density at radius 2 is 0.625 bits per heavy atom. The summed E-state index contributed by atoms with van der Waals surface area (Å²) in [7, 11) is -5.81. The van der Waals surface area contributed by atoms with Gasteiger partial charge in [-0.05, 0) is 51.4 Å².